The maximum absolute atomic E-state index is 11.8. The van der Waals surface area contributed by atoms with E-state index in [9.17, 15) is 9.59 Å². The summed E-state index contributed by atoms with van der Waals surface area (Å²) in [5.74, 6) is 0.231. The molecule has 0 atom stereocenters. The van der Waals surface area contributed by atoms with Crippen LogP contribution in [-0.4, -0.2) is 55.2 Å². The molecule has 1 aromatic carbocycles. The highest BCUT2D eigenvalue weighted by molar-refractivity contribution is 5.81. The number of hydrogen-bond acceptors (Lipinski definition) is 7. The van der Waals surface area contributed by atoms with Crippen molar-refractivity contribution in [2.45, 2.75) is 6.92 Å². The first-order valence-electron chi connectivity index (χ1n) is 8.14. The number of carbonyl (C=O) groups is 2. The Balaban J connectivity index is 1.60. The number of esters is 1. The lowest BCUT2D eigenvalue weighted by atomic mass is 10.2. The highest BCUT2D eigenvalue weighted by Crippen LogP contribution is 2.11. The van der Waals surface area contributed by atoms with Gasteiger partial charge in [0.1, 0.15) is 18.9 Å². The van der Waals surface area contributed by atoms with Crippen LogP contribution in [-0.2, 0) is 14.3 Å². The van der Waals surface area contributed by atoms with Crippen molar-refractivity contribution in [1.82, 2.24) is 15.3 Å². The van der Waals surface area contributed by atoms with E-state index in [0.29, 0.717) is 19.1 Å². The molecule has 0 aliphatic heterocycles. The minimum Gasteiger partial charge on any atom is -0.492 e. The largest absolute Gasteiger partial charge is 0.492 e. The fourth-order valence-corrected chi connectivity index (χ4v) is 2.06. The second kappa shape index (κ2) is 9.97. The summed E-state index contributed by atoms with van der Waals surface area (Å²) in [5.41, 5.74) is 1.10. The SMILES string of the molecule is Cc1cccc(OCCNC(=O)COC(=O)CN(C)c2ncccn2)c1. The molecule has 0 saturated carbocycles. The van der Waals surface area contributed by atoms with E-state index in [1.165, 1.54) is 4.90 Å². The third-order valence-electron chi connectivity index (χ3n) is 3.31. The van der Waals surface area contributed by atoms with E-state index >= 15 is 0 Å². The predicted molar refractivity (Wildman–Crippen MR) is 95.9 cm³/mol. The number of aromatic nitrogens is 2. The van der Waals surface area contributed by atoms with E-state index in [4.69, 9.17) is 9.47 Å². The Labute approximate surface area is 152 Å². The predicted octanol–water partition coefficient (Wildman–Crippen LogP) is 0.960. The summed E-state index contributed by atoms with van der Waals surface area (Å²) in [6.07, 6.45) is 3.16. The highest BCUT2D eigenvalue weighted by atomic mass is 16.5. The zero-order chi connectivity index (χ0) is 18.8. The van der Waals surface area contributed by atoms with Crippen LogP contribution in [0.15, 0.2) is 42.7 Å². The smallest absolute Gasteiger partial charge is 0.326 e. The van der Waals surface area contributed by atoms with Gasteiger partial charge in [0.05, 0.1) is 6.54 Å². The summed E-state index contributed by atoms with van der Waals surface area (Å²) in [5, 5.41) is 2.63. The van der Waals surface area contributed by atoms with Crippen LogP contribution in [0.2, 0.25) is 0 Å². The molecule has 0 unspecified atom stereocenters. The molecule has 0 spiro atoms. The summed E-state index contributed by atoms with van der Waals surface area (Å²) < 4.78 is 10.5. The molecule has 2 aromatic rings. The lowest BCUT2D eigenvalue weighted by Crippen LogP contribution is -2.34. The Kier molecular flexibility index (Phi) is 7.35. The molecule has 0 aliphatic rings. The summed E-state index contributed by atoms with van der Waals surface area (Å²) in [7, 11) is 1.67. The quantitative estimate of drug-likeness (QED) is 0.527. The molecular formula is C18H22N4O4. The van der Waals surface area contributed by atoms with E-state index in [2.05, 4.69) is 15.3 Å². The zero-order valence-corrected chi connectivity index (χ0v) is 14.8. The summed E-state index contributed by atoms with van der Waals surface area (Å²) in [6.45, 7) is 2.24. The Morgan fingerprint density at radius 2 is 1.96 bits per heavy atom. The lowest BCUT2D eigenvalue weighted by Gasteiger charge is -2.15. The Hall–Kier alpha value is -3.16. The van der Waals surface area contributed by atoms with Gasteiger partial charge in [-0.1, -0.05) is 12.1 Å². The van der Waals surface area contributed by atoms with Gasteiger partial charge in [0.15, 0.2) is 6.61 Å². The van der Waals surface area contributed by atoms with Crippen molar-refractivity contribution < 1.29 is 19.1 Å². The molecule has 1 heterocycles. The van der Waals surface area contributed by atoms with Crippen LogP contribution in [0.1, 0.15) is 5.56 Å². The standard InChI is InChI=1S/C18H22N4O4/c1-14-5-3-6-15(11-14)25-10-9-19-16(23)13-26-17(24)12-22(2)18-20-7-4-8-21-18/h3-8,11H,9-10,12-13H2,1-2H3,(H,19,23). The number of amides is 1. The monoisotopic (exact) mass is 358 g/mol. The number of aryl methyl sites for hydroxylation is 1. The van der Waals surface area contributed by atoms with Crippen molar-refractivity contribution >= 4 is 17.8 Å². The van der Waals surface area contributed by atoms with Crippen LogP contribution in [0.4, 0.5) is 5.95 Å². The van der Waals surface area contributed by atoms with Crippen LogP contribution in [0.5, 0.6) is 5.75 Å². The Morgan fingerprint density at radius 1 is 1.19 bits per heavy atom. The van der Waals surface area contributed by atoms with Gasteiger partial charge in [0.25, 0.3) is 5.91 Å². The molecule has 0 aliphatic carbocycles. The summed E-state index contributed by atoms with van der Waals surface area (Å²) in [6, 6.07) is 9.33. The highest BCUT2D eigenvalue weighted by Gasteiger charge is 2.12. The molecule has 1 N–H and O–H groups in total. The van der Waals surface area contributed by atoms with Crippen LogP contribution >= 0.6 is 0 Å². The van der Waals surface area contributed by atoms with Crippen LogP contribution in [0, 0.1) is 6.92 Å². The number of nitrogens with one attached hydrogen (secondary N) is 1. The molecule has 1 aromatic heterocycles. The second-order valence-corrected chi connectivity index (χ2v) is 5.58. The Bertz CT molecular complexity index is 724. The van der Waals surface area contributed by atoms with Gasteiger partial charge >= 0.3 is 5.97 Å². The van der Waals surface area contributed by atoms with Gasteiger partial charge in [-0.25, -0.2) is 9.97 Å². The van der Waals surface area contributed by atoms with Crippen LogP contribution in [0.25, 0.3) is 0 Å². The first-order chi connectivity index (χ1) is 12.5. The number of hydrogen-bond donors (Lipinski definition) is 1. The van der Waals surface area contributed by atoms with E-state index in [-0.39, 0.29) is 19.1 Å². The fourth-order valence-electron chi connectivity index (χ4n) is 2.06. The second-order valence-electron chi connectivity index (χ2n) is 5.58. The van der Waals surface area contributed by atoms with Gasteiger partial charge < -0.3 is 19.7 Å². The number of nitrogens with zero attached hydrogens (tertiary/aromatic N) is 3. The molecular weight excluding hydrogens is 336 g/mol. The number of ether oxygens (including phenoxy) is 2. The van der Waals surface area contributed by atoms with Crippen molar-refractivity contribution in [1.29, 1.82) is 0 Å². The van der Waals surface area contributed by atoms with Gasteiger partial charge in [-0.05, 0) is 30.7 Å². The average molecular weight is 358 g/mol. The van der Waals surface area contributed by atoms with E-state index < -0.39 is 5.97 Å². The topological polar surface area (TPSA) is 93.6 Å². The van der Waals surface area contributed by atoms with Crippen molar-refractivity contribution in [3.05, 3.63) is 48.3 Å². The third-order valence-corrected chi connectivity index (χ3v) is 3.31. The molecule has 2 rings (SSSR count). The van der Waals surface area contributed by atoms with E-state index in [1.54, 1.807) is 25.5 Å². The molecule has 0 fully saturated rings. The minimum absolute atomic E-state index is 0.0479. The number of rotatable bonds is 9. The van der Waals surface area contributed by atoms with Crippen molar-refractivity contribution in [2.24, 2.45) is 0 Å². The molecule has 0 radical (unpaired) electrons. The lowest BCUT2D eigenvalue weighted by molar-refractivity contribution is -0.147. The van der Waals surface area contributed by atoms with Crippen molar-refractivity contribution in [2.75, 3.05) is 38.3 Å². The van der Waals surface area contributed by atoms with E-state index in [0.717, 1.165) is 11.3 Å². The third kappa shape index (κ3) is 6.76. The first-order valence-corrected chi connectivity index (χ1v) is 8.14. The maximum atomic E-state index is 11.8. The summed E-state index contributed by atoms with van der Waals surface area (Å²) in [4.78, 5) is 33.0. The number of carbonyl (C=O) groups excluding carboxylic acids is 2. The number of benzene rings is 1. The van der Waals surface area contributed by atoms with Crippen molar-refractivity contribution in [3.63, 3.8) is 0 Å². The van der Waals surface area contributed by atoms with Crippen LogP contribution < -0.4 is 15.0 Å². The number of anilines is 1. The average Bonchev–Trinajstić information content (AvgIpc) is 2.64. The summed E-state index contributed by atoms with van der Waals surface area (Å²) >= 11 is 0. The normalized spacial score (nSPS) is 10.1. The Morgan fingerprint density at radius 3 is 2.69 bits per heavy atom. The molecule has 26 heavy (non-hydrogen) atoms. The molecule has 138 valence electrons. The van der Waals surface area contributed by atoms with Gasteiger partial charge in [0.2, 0.25) is 5.95 Å². The fraction of sp³-hybridized carbons (Fsp3) is 0.333. The first kappa shape index (κ1) is 19.2. The molecule has 8 heteroatoms. The number of likely N-dealkylation sites (N-methyl/N-ethyl adjacent to an activating group) is 1. The van der Waals surface area contributed by atoms with Gasteiger partial charge in [-0.3, -0.25) is 9.59 Å². The van der Waals surface area contributed by atoms with Crippen LogP contribution in [0.3, 0.4) is 0 Å². The minimum atomic E-state index is -0.536. The van der Waals surface area contributed by atoms with Gasteiger partial charge in [-0.15, -0.1) is 0 Å². The molecule has 8 nitrogen and oxygen atoms in total. The van der Waals surface area contributed by atoms with Gasteiger partial charge in [0, 0.05) is 19.4 Å². The molecule has 0 saturated heterocycles. The maximum Gasteiger partial charge on any atom is 0.326 e. The zero-order valence-electron chi connectivity index (χ0n) is 14.8. The van der Waals surface area contributed by atoms with Gasteiger partial charge in [-0.2, -0.15) is 0 Å². The molecule has 1 amide bonds. The van der Waals surface area contributed by atoms with Crippen molar-refractivity contribution in [3.8, 4) is 5.75 Å². The van der Waals surface area contributed by atoms with E-state index in [1.807, 2.05) is 31.2 Å². The molecule has 0 bridgehead atoms.